The minimum absolute atomic E-state index is 0.242. The monoisotopic (exact) mass is 312 g/mol. The molecule has 3 heteroatoms. The third kappa shape index (κ3) is 3.61. The molecule has 1 aliphatic rings. The van der Waals surface area contributed by atoms with Crippen LogP contribution in [0.1, 0.15) is 50.2 Å². The van der Waals surface area contributed by atoms with Crippen LogP contribution >= 0.6 is 0 Å². The van der Waals surface area contributed by atoms with Crippen molar-refractivity contribution in [1.82, 2.24) is 0 Å². The third-order valence-corrected chi connectivity index (χ3v) is 4.28. The summed E-state index contributed by atoms with van der Waals surface area (Å²) in [6.07, 6.45) is 3.45. The fourth-order valence-corrected chi connectivity index (χ4v) is 2.86. The number of ether oxygens (including phenoxy) is 3. The van der Waals surface area contributed by atoms with Gasteiger partial charge in [-0.05, 0) is 18.1 Å². The summed E-state index contributed by atoms with van der Waals surface area (Å²) < 4.78 is 17.1. The van der Waals surface area contributed by atoms with E-state index in [1.807, 2.05) is 12.1 Å². The summed E-state index contributed by atoms with van der Waals surface area (Å²) in [4.78, 5) is 0. The predicted molar refractivity (Wildman–Crippen MR) is 91.5 cm³/mol. The van der Waals surface area contributed by atoms with Crippen LogP contribution < -0.4 is 14.2 Å². The van der Waals surface area contributed by atoms with E-state index in [0.29, 0.717) is 0 Å². The SMILES string of the molecule is CCCCCOc1cc2c(cc1C(C)c1ccccc1)OCO2. The maximum atomic E-state index is 6.07. The van der Waals surface area contributed by atoms with Crippen LogP contribution in [0.25, 0.3) is 0 Å². The lowest BCUT2D eigenvalue weighted by molar-refractivity contribution is 0.173. The van der Waals surface area contributed by atoms with Gasteiger partial charge in [0.25, 0.3) is 0 Å². The fraction of sp³-hybridized carbons (Fsp3) is 0.400. The molecule has 0 saturated heterocycles. The van der Waals surface area contributed by atoms with Gasteiger partial charge in [-0.15, -0.1) is 0 Å². The molecule has 1 aliphatic heterocycles. The van der Waals surface area contributed by atoms with Crippen molar-refractivity contribution in [2.24, 2.45) is 0 Å². The van der Waals surface area contributed by atoms with E-state index in [1.165, 1.54) is 18.4 Å². The molecule has 1 unspecified atom stereocenters. The van der Waals surface area contributed by atoms with Gasteiger partial charge >= 0.3 is 0 Å². The molecule has 0 aliphatic carbocycles. The minimum Gasteiger partial charge on any atom is -0.493 e. The van der Waals surface area contributed by atoms with Crippen molar-refractivity contribution in [3.8, 4) is 17.2 Å². The Morgan fingerprint density at radius 2 is 1.78 bits per heavy atom. The summed E-state index contributed by atoms with van der Waals surface area (Å²) in [7, 11) is 0. The molecule has 3 rings (SSSR count). The molecule has 3 nitrogen and oxygen atoms in total. The van der Waals surface area contributed by atoms with Gasteiger partial charge in [0, 0.05) is 17.5 Å². The second-order valence-electron chi connectivity index (χ2n) is 5.93. The maximum absolute atomic E-state index is 6.07. The first-order chi connectivity index (χ1) is 11.3. The molecule has 0 amide bonds. The van der Waals surface area contributed by atoms with Gasteiger partial charge in [-0.2, -0.15) is 0 Å². The standard InChI is InChI=1S/C20H24O3/c1-3-4-8-11-21-18-13-20-19(22-14-23-20)12-17(18)15(2)16-9-6-5-7-10-16/h5-7,9-10,12-13,15H,3-4,8,11,14H2,1-2H3. The summed E-state index contributed by atoms with van der Waals surface area (Å²) in [5, 5.41) is 0. The second kappa shape index (κ2) is 7.40. The summed E-state index contributed by atoms with van der Waals surface area (Å²) in [5.41, 5.74) is 2.42. The molecule has 0 aromatic heterocycles. The van der Waals surface area contributed by atoms with E-state index in [-0.39, 0.29) is 12.7 Å². The number of unbranched alkanes of at least 4 members (excludes halogenated alkanes) is 2. The third-order valence-electron chi connectivity index (χ3n) is 4.28. The van der Waals surface area contributed by atoms with Gasteiger partial charge in [0.15, 0.2) is 11.5 Å². The highest BCUT2D eigenvalue weighted by Gasteiger charge is 2.22. The zero-order valence-electron chi connectivity index (χ0n) is 13.9. The Labute approximate surface area is 138 Å². The van der Waals surface area contributed by atoms with Crippen molar-refractivity contribution in [3.63, 3.8) is 0 Å². The first-order valence-corrected chi connectivity index (χ1v) is 8.41. The van der Waals surface area contributed by atoms with Crippen LogP contribution in [0.2, 0.25) is 0 Å². The number of hydrogen-bond acceptors (Lipinski definition) is 3. The van der Waals surface area contributed by atoms with Crippen molar-refractivity contribution in [2.75, 3.05) is 13.4 Å². The number of hydrogen-bond donors (Lipinski definition) is 0. The Balaban J connectivity index is 1.87. The van der Waals surface area contributed by atoms with Gasteiger partial charge in [0.2, 0.25) is 6.79 Å². The van der Waals surface area contributed by atoms with Gasteiger partial charge < -0.3 is 14.2 Å². The van der Waals surface area contributed by atoms with E-state index < -0.39 is 0 Å². The lowest BCUT2D eigenvalue weighted by Gasteiger charge is -2.18. The quantitative estimate of drug-likeness (QED) is 0.663. The van der Waals surface area contributed by atoms with E-state index in [4.69, 9.17) is 14.2 Å². The number of fused-ring (bicyclic) bond motifs is 1. The van der Waals surface area contributed by atoms with E-state index in [1.54, 1.807) is 0 Å². The van der Waals surface area contributed by atoms with Gasteiger partial charge in [0.05, 0.1) is 6.61 Å². The van der Waals surface area contributed by atoms with Crippen molar-refractivity contribution < 1.29 is 14.2 Å². The molecule has 0 fully saturated rings. The lowest BCUT2D eigenvalue weighted by atomic mass is 9.92. The first-order valence-electron chi connectivity index (χ1n) is 8.41. The maximum Gasteiger partial charge on any atom is 0.231 e. The Morgan fingerprint density at radius 3 is 2.52 bits per heavy atom. The topological polar surface area (TPSA) is 27.7 Å². The van der Waals surface area contributed by atoms with Crippen molar-refractivity contribution in [1.29, 1.82) is 0 Å². The van der Waals surface area contributed by atoms with Crippen LogP contribution in [0.5, 0.6) is 17.2 Å². The molecule has 1 atom stereocenters. The van der Waals surface area contributed by atoms with E-state index in [0.717, 1.165) is 35.8 Å². The highest BCUT2D eigenvalue weighted by molar-refractivity contribution is 5.54. The Hall–Kier alpha value is -2.16. The van der Waals surface area contributed by atoms with Crippen LogP contribution in [0, 0.1) is 0 Å². The zero-order chi connectivity index (χ0) is 16.1. The molecule has 2 aromatic carbocycles. The van der Waals surface area contributed by atoms with Gasteiger partial charge in [0.1, 0.15) is 5.75 Å². The molecular weight excluding hydrogens is 288 g/mol. The summed E-state index contributed by atoms with van der Waals surface area (Å²) in [6.45, 7) is 5.42. The van der Waals surface area contributed by atoms with Crippen LogP contribution in [0.3, 0.4) is 0 Å². The van der Waals surface area contributed by atoms with Crippen LogP contribution in [-0.2, 0) is 0 Å². The molecule has 2 aromatic rings. The Bertz CT molecular complexity index is 637. The first kappa shape index (κ1) is 15.7. The van der Waals surface area contributed by atoms with Crippen LogP contribution in [0.4, 0.5) is 0 Å². The normalized spacial score (nSPS) is 13.8. The van der Waals surface area contributed by atoms with Crippen LogP contribution in [-0.4, -0.2) is 13.4 Å². The molecule has 122 valence electrons. The Kier molecular flexibility index (Phi) is 5.06. The van der Waals surface area contributed by atoms with E-state index in [9.17, 15) is 0 Å². The van der Waals surface area contributed by atoms with Crippen molar-refractivity contribution in [3.05, 3.63) is 53.6 Å². The second-order valence-corrected chi connectivity index (χ2v) is 5.93. The van der Waals surface area contributed by atoms with Gasteiger partial charge in [-0.1, -0.05) is 57.0 Å². The molecule has 0 bridgehead atoms. The zero-order valence-corrected chi connectivity index (χ0v) is 13.9. The van der Waals surface area contributed by atoms with Gasteiger partial charge in [-0.25, -0.2) is 0 Å². The molecule has 23 heavy (non-hydrogen) atoms. The Morgan fingerprint density at radius 1 is 1.04 bits per heavy atom. The smallest absolute Gasteiger partial charge is 0.231 e. The number of benzene rings is 2. The van der Waals surface area contributed by atoms with E-state index in [2.05, 4.69) is 44.2 Å². The van der Waals surface area contributed by atoms with Gasteiger partial charge in [-0.3, -0.25) is 0 Å². The van der Waals surface area contributed by atoms with Crippen LogP contribution in [0.15, 0.2) is 42.5 Å². The highest BCUT2D eigenvalue weighted by atomic mass is 16.7. The molecule has 0 saturated carbocycles. The number of rotatable bonds is 7. The fourth-order valence-electron chi connectivity index (χ4n) is 2.86. The average Bonchev–Trinajstić information content (AvgIpc) is 3.05. The van der Waals surface area contributed by atoms with Crippen molar-refractivity contribution >= 4 is 0 Å². The highest BCUT2D eigenvalue weighted by Crippen LogP contribution is 2.42. The lowest BCUT2D eigenvalue weighted by Crippen LogP contribution is -2.04. The molecule has 0 radical (unpaired) electrons. The molecular formula is C20H24O3. The molecule has 1 heterocycles. The molecule has 0 N–H and O–H groups in total. The van der Waals surface area contributed by atoms with Crippen molar-refractivity contribution in [2.45, 2.75) is 39.0 Å². The summed E-state index contributed by atoms with van der Waals surface area (Å²) in [5.74, 6) is 2.73. The average molecular weight is 312 g/mol. The minimum atomic E-state index is 0.242. The largest absolute Gasteiger partial charge is 0.493 e. The van der Waals surface area contributed by atoms with E-state index >= 15 is 0 Å². The molecule has 0 spiro atoms. The summed E-state index contributed by atoms with van der Waals surface area (Å²) >= 11 is 0. The predicted octanol–water partition coefficient (Wildman–Crippen LogP) is 5.14. The summed E-state index contributed by atoms with van der Waals surface area (Å²) in [6, 6.07) is 14.5.